The van der Waals surface area contributed by atoms with Gasteiger partial charge in [0.05, 0.1) is 6.04 Å². The van der Waals surface area contributed by atoms with Gasteiger partial charge in [-0.3, -0.25) is 0 Å². The quantitative estimate of drug-likeness (QED) is 0.915. The van der Waals surface area contributed by atoms with Crippen LogP contribution in [0.5, 0.6) is 5.75 Å². The molecule has 0 aliphatic carbocycles. The van der Waals surface area contributed by atoms with Gasteiger partial charge in [-0.1, -0.05) is 32.0 Å². The lowest BCUT2D eigenvalue weighted by molar-refractivity contribution is 0.339. The number of nitrogens with zero attached hydrogens (tertiary/aromatic N) is 2. The lowest BCUT2D eigenvalue weighted by atomic mass is 10.1. The Balaban J connectivity index is 1.81. The van der Waals surface area contributed by atoms with Gasteiger partial charge in [0.25, 0.3) is 0 Å². The van der Waals surface area contributed by atoms with Crippen molar-refractivity contribution in [2.75, 3.05) is 11.9 Å². The maximum absolute atomic E-state index is 5.66. The Labute approximate surface area is 112 Å². The third kappa shape index (κ3) is 2.38. The molecule has 4 heteroatoms. The van der Waals surface area contributed by atoms with Gasteiger partial charge in [-0.15, -0.1) is 0 Å². The predicted octanol–water partition coefficient (Wildman–Crippen LogP) is 3.15. The van der Waals surface area contributed by atoms with Gasteiger partial charge in [-0.25, -0.2) is 9.97 Å². The van der Waals surface area contributed by atoms with E-state index in [1.165, 1.54) is 5.56 Å². The molecule has 98 valence electrons. The second kappa shape index (κ2) is 4.88. The van der Waals surface area contributed by atoms with Crippen molar-refractivity contribution in [2.45, 2.75) is 25.8 Å². The summed E-state index contributed by atoms with van der Waals surface area (Å²) < 4.78 is 5.66. The molecule has 1 N–H and O–H groups in total. The summed E-state index contributed by atoms with van der Waals surface area (Å²) in [6, 6.07) is 10.3. The van der Waals surface area contributed by atoms with Crippen molar-refractivity contribution in [3.8, 4) is 5.75 Å². The monoisotopic (exact) mass is 255 g/mol. The minimum Gasteiger partial charge on any atom is -0.491 e. The summed E-state index contributed by atoms with van der Waals surface area (Å²) in [5.74, 6) is 2.21. The number of anilines is 1. The first-order valence-corrected chi connectivity index (χ1v) is 6.54. The van der Waals surface area contributed by atoms with Crippen molar-refractivity contribution in [3.05, 3.63) is 47.9 Å². The van der Waals surface area contributed by atoms with Crippen LogP contribution in [-0.4, -0.2) is 16.6 Å². The number of para-hydroxylation sites is 1. The van der Waals surface area contributed by atoms with Crippen LogP contribution in [0.1, 0.15) is 37.1 Å². The van der Waals surface area contributed by atoms with Crippen LogP contribution in [0, 0.1) is 0 Å². The van der Waals surface area contributed by atoms with Gasteiger partial charge in [0, 0.05) is 17.3 Å². The van der Waals surface area contributed by atoms with E-state index in [0.717, 1.165) is 17.3 Å². The molecule has 3 rings (SSSR count). The molecular formula is C15H17N3O. The Kier molecular flexibility index (Phi) is 3.07. The van der Waals surface area contributed by atoms with E-state index in [-0.39, 0.29) is 6.04 Å². The van der Waals surface area contributed by atoms with E-state index in [9.17, 15) is 0 Å². The molecule has 19 heavy (non-hydrogen) atoms. The number of aromatic nitrogens is 2. The number of rotatable bonds is 3. The number of ether oxygens (including phenoxy) is 1. The first-order chi connectivity index (χ1) is 9.24. The average molecular weight is 255 g/mol. The molecule has 0 spiro atoms. The van der Waals surface area contributed by atoms with E-state index in [0.29, 0.717) is 12.5 Å². The highest BCUT2D eigenvalue weighted by atomic mass is 16.5. The summed E-state index contributed by atoms with van der Waals surface area (Å²) in [6.45, 7) is 4.89. The van der Waals surface area contributed by atoms with E-state index in [4.69, 9.17) is 4.74 Å². The molecule has 2 heterocycles. The molecule has 0 amide bonds. The molecule has 0 radical (unpaired) electrons. The highest BCUT2D eigenvalue weighted by molar-refractivity contribution is 5.46. The van der Waals surface area contributed by atoms with E-state index in [2.05, 4.69) is 35.2 Å². The van der Waals surface area contributed by atoms with E-state index >= 15 is 0 Å². The molecule has 1 aliphatic heterocycles. The standard InChI is InChI=1S/C15H17N3O/c1-10(2)12-7-15(17-9-16-12)18-13-8-19-14-6-4-3-5-11(13)14/h3-7,9-10,13H,8H2,1-2H3,(H,16,17,18). The average Bonchev–Trinajstić information content (AvgIpc) is 2.83. The zero-order valence-corrected chi connectivity index (χ0v) is 11.1. The van der Waals surface area contributed by atoms with Crippen LogP contribution in [0.15, 0.2) is 36.7 Å². The summed E-state index contributed by atoms with van der Waals surface area (Å²) in [7, 11) is 0. The van der Waals surface area contributed by atoms with Gasteiger partial charge < -0.3 is 10.1 Å². The zero-order valence-electron chi connectivity index (χ0n) is 11.1. The maximum Gasteiger partial charge on any atom is 0.130 e. The van der Waals surface area contributed by atoms with Crippen molar-refractivity contribution in [3.63, 3.8) is 0 Å². The van der Waals surface area contributed by atoms with Crippen molar-refractivity contribution in [1.82, 2.24) is 9.97 Å². The molecule has 0 saturated carbocycles. The Bertz CT molecular complexity index is 583. The third-order valence-corrected chi connectivity index (χ3v) is 3.30. The van der Waals surface area contributed by atoms with Crippen LogP contribution in [0.2, 0.25) is 0 Å². The molecule has 2 aromatic rings. The summed E-state index contributed by atoms with van der Waals surface area (Å²) in [6.07, 6.45) is 1.61. The van der Waals surface area contributed by atoms with Crippen LogP contribution < -0.4 is 10.1 Å². The minimum absolute atomic E-state index is 0.158. The second-order valence-corrected chi connectivity index (χ2v) is 5.03. The lowest BCUT2D eigenvalue weighted by Crippen LogP contribution is -2.13. The number of hydrogen-bond acceptors (Lipinski definition) is 4. The molecule has 0 bridgehead atoms. The Hall–Kier alpha value is -2.10. The first-order valence-electron chi connectivity index (χ1n) is 6.54. The number of fused-ring (bicyclic) bond motifs is 1. The molecule has 1 aromatic carbocycles. The van der Waals surface area contributed by atoms with E-state index in [1.54, 1.807) is 6.33 Å². The lowest BCUT2D eigenvalue weighted by Gasteiger charge is -2.13. The van der Waals surface area contributed by atoms with Crippen LogP contribution >= 0.6 is 0 Å². The Morgan fingerprint density at radius 1 is 1.26 bits per heavy atom. The van der Waals surface area contributed by atoms with Crippen molar-refractivity contribution in [2.24, 2.45) is 0 Å². The summed E-state index contributed by atoms with van der Waals surface area (Å²) in [5, 5.41) is 3.42. The van der Waals surface area contributed by atoms with Gasteiger partial charge in [0.1, 0.15) is 24.5 Å². The highest BCUT2D eigenvalue weighted by Crippen LogP contribution is 2.33. The largest absolute Gasteiger partial charge is 0.491 e. The molecule has 1 unspecified atom stereocenters. The van der Waals surface area contributed by atoms with E-state index in [1.807, 2.05) is 24.3 Å². The Morgan fingerprint density at radius 3 is 2.95 bits per heavy atom. The fourth-order valence-corrected chi connectivity index (χ4v) is 2.23. The molecule has 1 aliphatic rings. The number of hydrogen-bond donors (Lipinski definition) is 1. The van der Waals surface area contributed by atoms with Gasteiger partial charge in [0.2, 0.25) is 0 Å². The Morgan fingerprint density at radius 2 is 2.11 bits per heavy atom. The molecule has 1 atom stereocenters. The molecule has 1 aromatic heterocycles. The molecule has 4 nitrogen and oxygen atoms in total. The summed E-state index contributed by atoms with van der Waals surface area (Å²) in [5.41, 5.74) is 2.23. The topological polar surface area (TPSA) is 47.0 Å². The second-order valence-electron chi connectivity index (χ2n) is 5.03. The predicted molar refractivity (Wildman–Crippen MR) is 74.4 cm³/mol. The molecular weight excluding hydrogens is 238 g/mol. The number of benzene rings is 1. The zero-order chi connectivity index (χ0) is 13.2. The summed E-state index contributed by atoms with van der Waals surface area (Å²) in [4.78, 5) is 8.56. The van der Waals surface area contributed by atoms with Gasteiger partial charge in [0.15, 0.2) is 0 Å². The van der Waals surface area contributed by atoms with Crippen LogP contribution in [0.3, 0.4) is 0 Å². The summed E-state index contributed by atoms with van der Waals surface area (Å²) >= 11 is 0. The smallest absolute Gasteiger partial charge is 0.130 e. The highest BCUT2D eigenvalue weighted by Gasteiger charge is 2.23. The van der Waals surface area contributed by atoms with Crippen LogP contribution in [-0.2, 0) is 0 Å². The normalized spacial score (nSPS) is 17.1. The first kappa shape index (κ1) is 12.0. The van der Waals surface area contributed by atoms with Crippen LogP contribution in [0.25, 0.3) is 0 Å². The fourth-order valence-electron chi connectivity index (χ4n) is 2.23. The van der Waals surface area contributed by atoms with Gasteiger partial charge in [-0.05, 0) is 12.0 Å². The van der Waals surface area contributed by atoms with Crippen molar-refractivity contribution < 1.29 is 4.74 Å². The molecule has 0 saturated heterocycles. The minimum atomic E-state index is 0.158. The number of nitrogens with one attached hydrogen (secondary N) is 1. The van der Waals surface area contributed by atoms with E-state index < -0.39 is 0 Å². The van der Waals surface area contributed by atoms with Crippen molar-refractivity contribution in [1.29, 1.82) is 0 Å². The van der Waals surface area contributed by atoms with Crippen LogP contribution in [0.4, 0.5) is 5.82 Å². The SMILES string of the molecule is CC(C)c1cc(NC2COc3ccccc32)ncn1. The van der Waals surface area contributed by atoms with Crippen molar-refractivity contribution >= 4 is 5.82 Å². The third-order valence-electron chi connectivity index (χ3n) is 3.30. The maximum atomic E-state index is 5.66. The van der Waals surface area contributed by atoms with Gasteiger partial charge >= 0.3 is 0 Å². The molecule has 0 fully saturated rings. The van der Waals surface area contributed by atoms with Gasteiger partial charge in [-0.2, -0.15) is 0 Å². The fraction of sp³-hybridized carbons (Fsp3) is 0.333.